The van der Waals surface area contributed by atoms with Crippen LogP contribution in [0.25, 0.3) is 0 Å². The molecule has 1 fully saturated rings. The molecular formula is C24H27Cl2N3O2. The Morgan fingerprint density at radius 1 is 0.968 bits per heavy atom. The number of carbonyl (C=O) groups excluding carboxylic acids is 1. The lowest BCUT2D eigenvalue weighted by atomic mass is 10.1. The molecule has 2 aromatic carbocycles. The van der Waals surface area contributed by atoms with Gasteiger partial charge in [-0.3, -0.25) is 14.6 Å². The van der Waals surface area contributed by atoms with Crippen LogP contribution in [0.1, 0.15) is 28.8 Å². The number of carbonyl (C=O) groups is 1. The molecule has 2 heterocycles. The van der Waals surface area contributed by atoms with Gasteiger partial charge in [0.1, 0.15) is 17.2 Å². The number of piperazine rings is 1. The number of anilines is 1. The van der Waals surface area contributed by atoms with Gasteiger partial charge in [0.25, 0.3) is 5.91 Å². The van der Waals surface area contributed by atoms with E-state index >= 15 is 0 Å². The van der Waals surface area contributed by atoms with E-state index in [2.05, 4.69) is 41.0 Å². The molecule has 1 amide bonds. The Morgan fingerprint density at radius 2 is 1.74 bits per heavy atom. The van der Waals surface area contributed by atoms with Crippen molar-refractivity contribution in [2.24, 2.45) is 0 Å². The highest BCUT2D eigenvalue weighted by molar-refractivity contribution is 6.32. The normalized spacial score (nSPS) is 17.1. The fourth-order valence-corrected chi connectivity index (χ4v) is 4.44. The third-order valence-electron chi connectivity index (χ3n) is 5.80. The number of unbranched alkanes of at least 4 members (excludes halogenated alkanes) is 1. The molecule has 0 spiro atoms. The third kappa shape index (κ3) is 5.35. The van der Waals surface area contributed by atoms with E-state index in [9.17, 15) is 4.79 Å². The zero-order valence-electron chi connectivity index (χ0n) is 17.7. The molecule has 0 atom stereocenters. The van der Waals surface area contributed by atoms with Crippen molar-refractivity contribution in [3.8, 4) is 5.75 Å². The molecule has 2 aliphatic heterocycles. The first-order valence-electron chi connectivity index (χ1n) is 10.7. The van der Waals surface area contributed by atoms with E-state index in [1.165, 1.54) is 17.5 Å². The van der Waals surface area contributed by atoms with E-state index in [0.29, 0.717) is 28.0 Å². The molecule has 5 nitrogen and oxygen atoms in total. The van der Waals surface area contributed by atoms with E-state index in [1.807, 2.05) is 0 Å². The lowest BCUT2D eigenvalue weighted by Crippen LogP contribution is -2.46. The first-order valence-corrected chi connectivity index (χ1v) is 11.4. The van der Waals surface area contributed by atoms with E-state index in [0.717, 1.165) is 45.6 Å². The van der Waals surface area contributed by atoms with Crippen molar-refractivity contribution in [1.29, 1.82) is 0 Å². The molecule has 0 N–H and O–H groups in total. The maximum Gasteiger partial charge on any atom is 0.262 e. The average molecular weight is 460 g/mol. The van der Waals surface area contributed by atoms with Gasteiger partial charge >= 0.3 is 0 Å². The van der Waals surface area contributed by atoms with Crippen LogP contribution in [0.15, 0.2) is 53.9 Å². The van der Waals surface area contributed by atoms with E-state index in [1.54, 1.807) is 23.1 Å². The number of aryl methyl sites for hydroxylation is 1. The number of fused-ring (bicyclic) bond motifs is 1. The van der Waals surface area contributed by atoms with Crippen molar-refractivity contribution in [3.63, 3.8) is 0 Å². The fourth-order valence-electron chi connectivity index (χ4n) is 4.06. The molecule has 0 radical (unpaired) electrons. The summed E-state index contributed by atoms with van der Waals surface area (Å²) in [5.74, 6) is 0.296. The summed E-state index contributed by atoms with van der Waals surface area (Å²) in [6.07, 6.45) is 3.29. The van der Waals surface area contributed by atoms with Gasteiger partial charge in [0, 0.05) is 43.4 Å². The molecule has 1 saturated heterocycles. The summed E-state index contributed by atoms with van der Waals surface area (Å²) in [7, 11) is 0. The van der Waals surface area contributed by atoms with Gasteiger partial charge in [-0.1, -0.05) is 35.3 Å². The maximum absolute atomic E-state index is 12.9. The standard InChI is InChI=1S/C24H27Cl2N3O2/c1-18-5-4-6-20(15-18)28-13-11-27(12-14-28)9-2-3-10-29-23(26)17-31-22-8-7-19(25)16-21(22)24(29)30/h4-8,15-17H,2-3,9-14H2,1H3. The molecule has 0 saturated carbocycles. The lowest BCUT2D eigenvalue weighted by Gasteiger charge is -2.36. The summed E-state index contributed by atoms with van der Waals surface area (Å²) in [5.41, 5.74) is 3.04. The van der Waals surface area contributed by atoms with Crippen LogP contribution in [0.2, 0.25) is 5.02 Å². The zero-order chi connectivity index (χ0) is 21.8. The van der Waals surface area contributed by atoms with Crippen molar-refractivity contribution in [2.45, 2.75) is 19.8 Å². The Morgan fingerprint density at radius 3 is 2.52 bits per heavy atom. The predicted octanol–water partition coefficient (Wildman–Crippen LogP) is 5.12. The van der Waals surface area contributed by atoms with Crippen molar-refractivity contribution >= 4 is 34.8 Å². The first kappa shape index (κ1) is 22.0. The number of benzene rings is 2. The SMILES string of the molecule is Cc1cccc(N2CCN(CCCCN3C(=O)c4cc(Cl)ccc4OC=C3Cl)CC2)c1. The summed E-state index contributed by atoms with van der Waals surface area (Å²) < 4.78 is 5.54. The van der Waals surface area contributed by atoms with Gasteiger partial charge in [-0.15, -0.1) is 0 Å². The number of hydrogen-bond acceptors (Lipinski definition) is 4. The molecule has 0 aliphatic carbocycles. The highest BCUT2D eigenvalue weighted by atomic mass is 35.5. The second-order valence-electron chi connectivity index (χ2n) is 8.03. The first-order chi connectivity index (χ1) is 15.0. The van der Waals surface area contributed by atoms with Crippen LogP contribution in [0.4, 0.5) is 5.69 Å². The highest BCUT2D eigenvalue weighted by Crippen LogP contribution is 2.30. The smallest absolute Gasteiger partial charge is 0.262 e. The molecule has 4 rings (SSSR count). The molecule has 0 bridgehead atoms. The molecule has 7 heteroatoms. The van der Waals surface area contributed by atoms with Gasteiger partial charge in [0.2, 0.25) is 0 Å². The van der Waals surface area contributed by atoms with Gasteiger partial charge in [-0.2, -0.15) is 0 Å². The molecule has 164 valence electrons. The second-order valence-corrected chi connectivity index (χ2v) is 8.85. The zero-order valence-corrected chi connectivity index (χ0v) is 19.2. The summed E-state index contributed by atoms with van der Waals surface area (Å²) in [5, 5.41) is 0.794. The topological polar surface area (TPSA) is 36.0 Å². The second kappa shape index (κ2) is 9.94. The monoisotopic (exact) mass is 459 g/mol. The Bertz CT molecular complexity index is 971. The van der Waals surface area contributed by atoms with Gasteiger partial charge in [0.05, 0.1) is 5.56 Å². The number of rotatable bonds is 6. The highest BCUT2D eigenvalue weighted by Gasteiger charge is 2.25. The minimum absolute atomic E-state index is 0.178. The van der Waals surface area contributed by atoms with Crippen LogP contribution < -0.4 is 9.64 Å². The Balaban J connectivity index is 1.25. The van der Waals surface area contributed by atoms with Crippen LogP contribution in [-0.4, -0.2) is 55.0 Å². The van der Waals surface area contributed by atoms with E-state index < -0.39 is 0 Å². The van der Waals surface area contributed by atoms with Gasteiger partial charge in [-0.05, 0) is 62.2 Å². The average Bonchev–Trinajstić information content (AvgIpc) is 2.88. The molecule has 0 aromatic heterocycles. The maximum atomic E-state index is 12.9. The third-order valence-corrected chi connectivity index (χ3v) is 6.33. The summed E-state index contributed by atoms with van der Waals surface area (Å²) in [6.45, 7) is 7.88. The number of ether oxygens (including phenoxy) is 1. The van der Waals surface area contributed by atoms with Crippen LogP contribution in [0, 0.1) is 6.92 Å². The molecule has 2 aliphatic rings. The van der Waals surface area contributed by atoms with Gasteiger partial charge in [0.15, 0.2) is 0 Å². The summed E-state index contributed by atoms with van der Waals surface area (Å²) >= 11 is 12.4. The van der Waals surface area contributed by atoms with E-state index in [-0.39, 0.29) is 5.91 Å². The van der Waals surface area contributed by atoms with Gasteiger partial charge < -0.3 is 9.64 Å². The number of hydrogen-bond donors (Lipinski definition) is 0. The van der Waals surface area contributed by atoms with Crippen molar-refractivity contribution < 1.29 is 9.53 Å². The fraction of sp³-hybridized carbons (Fsp3) is 0.375. The molecule has 2 aromatic rings. The van der Waals surface area contributed by atoms with Crippen molar-refractivity contribution in [1.82, 2.24) is 9.80 Å². The Hall–Kier alpha value is -2.21. The minimum Gasteiger partial charge on any atom is -0.461 e. The lowest BCUT2D eigenvalue weighted by molar-refractivity contribution is 0.0814. The minimum atomic E-state index is -0.178. The Labute approximate surface area is 193 Å². The number of halogens is 2. The van der Waals surface area contributed by atoms with Crippen molar-refractivity contribution in [2.75, 3.05) is 44.2 Å². The largest absolute Gasteiger partial charge is 0.461 e. The quantitative estimate of drug-likeness (QED) is 0.443. The predicted molar refractivity (Wildman–Crippen MR) is 126 cm³/mol. The van der Waals surface area contributed by atoms with Crippen LogP contribution in [0.3, 0.4) is 0 Å². The van der Waals surface area contributed by atoms with Crippen LogP contribution >= 0.6 is 23.2 Å². The Kier molecular flexibility index (Phi) is 7.06. The van der Waals surface area contributed by atoms with Gasteiger partial charge in [-0.25, -0.2) is 0 Å². The molecule has 31 heavy (non-hydrogen) atoms. The van der Waals surface area contributed by atoms with Crippen LogP contribution in [0.5, 0.6) is 5.75 Å². The van der Waals surface area contributed by atoms with E-state index in [4.69, 9.17) is 27.9 Å². The summed E-state index contributed by atoms with van der Waals surface area (Å²) in [4.78, 5) is 19.4. The molecular weight excluding hydrogens is 433 g/mol. The van der Waals surface area contributed by atoms with Crippen LogP contribution in [-0.2, 0) is 0 Å². The number of nitrogens with zero attached hydrogens (tertiary/aromatic N) is 3. The molecule has 0 unspecified atom stereocenters. The van der Waals surface area contributed by atoms with Crippen molar-refractivity contribution in [3.05, 3.63) is 70.0 Å². The number of amides is 1. The summed E-state index contributed by atoms with van der Waals surface area (Å²) in [6, 6.07) is 13.7.